The summed E-state index contributed by atoms with van der Waals surface area (Å²) >= 11 is 3.53. The van der Waals surface area contributed by atoms with E-state index in [-0.39, 0.29) is 5.97 Å². The van der Waals surface area contributed by atoms with Crippen LogP contribution in [0.15, 0.2) is 35.6 Å². The second kappa shape index (κ2) is 7.14. The van der Waals surface area contributed by atoms with E-state index in [0.717, 1.165) is 27.6 Å². The molecule has 6 heteroatoms. The van der Waals surface area contributed by atoms with Crippen molar-refractivity contribution in [3.63, 3.8) is 0 Å². The Morgan fingerprint density at radius 1 is 1.28 bits per heavy atom. The molecule has 25 heavy (non-hydrogen) atoms. The summed E-state index contributed by atoms with van der Waals surface area (Å²) < 4.78 is 4.80. The molecule has 0 atom stereocenters. The number of carbonyl (C=O) groups is 1. The van der Waals surface area contributed by atoms with Crippen molar-refractivity contribution in [2.45, 2.75) is 36.5 Å². The monoisotopic (exact) mass is 370 g/mol. The maximum atomic E-state index is 11.7. The lowest BCUT2D eigenvalue weighted by atomic mass is 9.97. The minimum atomic E-state index is -0.303. The summed E-state index contributed by atoms with van der Waals surface area (Å²) in [4.78, 5) is 23.3. The Labute approximate surface area is 154 Å². The standard InChI is InChI=1S/C19H18N2O2S2/c1-23-19(22)13-6-4-5-12(9-13)10-24-17-16-14-7-2-3-8-15(14)25-18(16)21-11-20-17/h4-6,9,11H,2-3,7-8,10H2,1H3. The van der Waals surface area contributed by atoms with Crippen molar-refractivity contribution in [3.05, 3.63) is 52.2 Å². The van der Waals surface area contributed by atoms with Crippen molar-refractivity contribution in [2.75, 3.05) is 7.11 Å². The van der Waals surface area contributed by atoms with Crippen LogP contribution in [0.3, 0.4) is 0 Å². The molecule has 2 aromatic heterocycles. The van der Waals surface area contributed by atoms with Gasteiger partial charge in [0.05, 0.1) is 12.7 Å². The number of aromatic nitrogens is 2. The zero-order chi connectivity index (χ0) is 17.2. The van der Waals surface area contributed by atoms with E-state index in [4.69, 9.17) is 4.74 Å². The van der Waals surface area contributed by atoms with Crippen LogP contribution in [0.25, 0.3) is 10.2 Å². The Balaban J connectivity index is 1.61. The van der Waals surface area contributed by atoms with Crippen molar-refractivity contribution in [3.8, 4) is 0 Å². The number of nitrogens with zero attached hydrogens (tertiary/aromatic N) is 2. The molecule has 0 amide bonds. The number of hydrogen-bond donors (Lipinski definition) is 0. The molecule has 0 radical (unpaired) electrons. The van der Waals surface area contributed by atoms with Crippen molar-refractivity contribution >= 4 is 39.3 Å². The number of methoxy groups -OCH3 is 1. The number of rotatable bonds is 4. The molecule has 0 bridgehead atoms. The van der Waals surface area contributed by atoms with E-state index >= 15 is 0 Å². The summed E-state index contributed by atoms with van der Waals surface area (Å²) in [5, 5.41) is 2.30. The molecule has 0 spiro atoms. The lowest BCUT2D eigenvalue weighted by molar-refractivity contribution is 0.0600. The van der Waals surface area contributed by atoms with Gasteiger partial charge in [-0.25, -0.2) is 14.8 Å². The molecule has 128 valence electrons. The Morgan fingerprint density at radius 2 is 2.16 bits per heavy atom. The number of thiophene rings is 1. The minimum absolute atomic E-state index is 0.303. The molecule has 0 fully saturated rings. The van der Waals surface area contributed by atoms with Crippen LogP contribution in [0.5, 0.6) is 0 Å². The number of thioether (sulfide) groups is 1. The van der Waals surface area contributed by atoms with Crippen LogP contribution in [0.4, 0.5) is 0 Å². The van der Waals surface area contributed by atoms with Gasteiger partial charge in [0.2, 0.25) is 0 Å². The molecule has 0 unspecified atom stereocenters. The number of carbonyl (C=O) groups excluding carboxylic acids is 1. The molecule has 0 aliphatic heterocycles. The van der Waals surface area contributed by atoms with Crippen molar-refractivity contribution in [1.29, 1.82) is 0 Å². The van der Waals surface area contributed by atoms with Gasteiger partial charge < -0.3 is 4.74 Å². The topological polar surface area (TPSA) is 52.1 Å². The SMILES string of the molecule is COC(=O)c1cccc(CSc2ncnc3sc4c(c23)CCCC4)c1. The van der Waals surface area contributed by atoms with Crippen LogP contribution in [-0.4, -0.2) is 23.0 Å². The molecule has 4 rings (SSSR count). The fourth-order valence-electron chi connectivity index (χ4n) is 3.23. The van der Waals surface area contributed by atoms with Crippen molar-refractivity contribution < 1.29 is 9.53 Å². The van der Waals surface area contributed by atoms with Gasteiger partial charge in [-0.15, -0.1) is 23.1 Å². The largest absolute Gasteiger partial charge is 0.465 e. The molecule has 1 aromatic carbocycles. The molecule has 0 N–H and O–H groups in total. The van der Waals surface area contributed by atoms with E-state index in [2.05, 4.69) is 9.97 Å². The van der Waals surface area contributed by atoms with Gasteiger partial charge in [-0.05, 0) is 48.9 Å². The number of benzene rings is 1. The molecule has 1 aliphatic rings. The fourth-order valence-corrected chi connectivity index (χ4v) is 5.49. The molecule has 1 aliphatic carbocycles. The van der Waals surface area contributed by atoms with Crippen LogP contribution in [-0.2, 0) is 23.3 Å². The van der Waals surface area contributed by atoms with Crippen molar-refractivity contribution in [2.24, 2.45) is 0 Å². The van der Waals surface area contributed by atoms with Crippen molar-refractivity contribution in [1.82, 2.24) is 9.97 Å². The molecule has 2 heterocycles. The highest BCUT2D eigenvalue weighted by Gasteiger charge is 2.20. The van der Waals surface area contributed by atoms with Gasteiger partial charge in [-0.3, -0.25) is 0 Å². The van der Waals surface area contributed by atoms with E-state index in [9.17, 15) is 4.79 Å². The van der Waals surface area contributed by atoms with E-state index in [0.29, 0.717) is 5.56 Å². The van der Waals surface area contributed by atoms with Gasteiger partial charge >= 0.3 is 5.97 Å². The van der Waals surface area contributed by atoms with E-state index in [1.165, 1.54) is 42.2 Å². The first-order valence-electron chi connectivity index (χ1n) is 8.31. The van der Waals surface area contributed by atoms with Gasteiger partial charge in [0.1, 0.15) is 16.2 Å². The summed E-state index contributed by atoms with van der Waals surface area (Å²) in [7, 11) is 1.40. The van der Waals surface area contributed by atoms with Crippen LogP contribution >= 0.6 is 23.1 Å². The Hall–Kier alpha value is -1.92. The number of aryl methyl sites for hydroxylation is 2. The van der Waals surface area contributed by atoms with Crippen LogP contribution in [0.1, 0.15) is 39.2 Å². The quantitative estimate of drug-likeness (QED) is 0.380. The predicted molar refractivity (Wildman–Crippen MR) is 101 cm³/mol. The van der Waals surface area contributed by atoms with Crippen LogP contribution in [0.2, 0.25) is 0 Å². The Bertz CT molecular complexity index is 936. The smallest absolute Gasteiger partial charge is 0.337 e. The second-order valence-corrected chi connectivity index (χ2v) is 8.10. The van der Waals surface area contributed by atoms with Gasteiger partial charge in [0, 0.05) is 16.0 Å². The summed E-state index contributed by atoms with van der Waals surface area (Å²) in [6.07, 6.45) is 6.49. The fraction of sp³-hybridized carbons (Fsp3) is 0.316. The molecular weight excluding hydrogens is 352 g/mol. The predicted octanol–water partition coefficient (Wildman–Crippen LogP) is 4.65. The molecule has 4 nitrogen and oxygen atoms in total. The van der Waals surface area contributed by atoms with Gasteiger partial charge in [0.25, 0.3) is 0 Å². The van der Waals surface area contributed by atoms with E-state index in [1.807, 2.05) is 29.5 Å². The highest BCUT2D eigenvalue weighted by Crippen LogP contribution is 2.39. The summed E-state index contributed by atoms with van der Waals surface area (Å²) in [5.74, 6) is 0.463. The van der Waals surface area contributed by atoms with Gasteiger partial charge in [-0.1, -0.05) is 12.1 Å². The maximum absolute atomic E-state index is 11.7. The third kappa shape index (κ3) is 3.28. The summed E-state index contributed by atoms with van der Waals surface area (Å²) in [5.41, 5.74) is 3.13. The number of fused-ring (bicyclic) bond motifs is 3. The molecule has 0 saturated carbocycles. The maximum Gasteiger partial charge on any atom is 0.337 e. The Morgan fingerprint density at radius 3 is 3.04 bits per heavy atom. The van der Waals surface area contributed by atoms with Gasteiger partial charge in [0.15, 0.2) is 0 Å². The van der Waals surface area contributed by atoms with Crippen LogP contribution < -0.4 is 0 Å². The summed E-state index contributed by atoms with van der Waals surface area (Å²) in [6.45, 7) is 0. The minimum Gasteiger partial charge on any atom is -0.465 e. The first kappa shape index (κ1) is 16.5. The molecular formula is C19H18N2O2S2. The number of hydrogen-bond acceptors (Lipinski definition) is 6. The normalized spacial score (nSPS) is 13.6. The first-order valence-corrected chi connectivity index (χ1v) is 10.1. The van der Waals surface area contributed by atoms with E-state index < -0.39 is 0 Å². The van der Waals surface area contributed by atoms with E-state index in [1.54, 1.807) is 24.2 Å². The molecule has 3 aromatic rings. The third-order valence-electron chi connectivity index (χ3n) is 4.44. The zero-order valence-electron chi connectivity index (χ0n) is 13.9. The number of esters is 1. The molecule has 0 saturated heterocycles. The Kier molecular flexibility index (Phi) is 4.72. The highest BCUT2D eigenvalue weighted by molar-refractivity contribution is 7.98. The first-order chi connectivity index (χ1) is 12.3. The average molecular weight is 370 g/mol. The lowest BCUT2D eigenvalue weighted by Crippen LogP contribution is -2.01. The highest BCUT2D eigenvalue weighted by atomic mass is 32.2. The summed E-state index contributed by atoms with van der Waals surface area (Å²) in [6, 6.07) is 7.59. The lowest BCUT2D eigenvalue weighted by Gasteiger charge is -2.11. The second-order valence-electron chi connectivity index (χ2n) is 6.05. The third-order valence-corrected chi connectivity index (χ3v) is 6.70. The van der Waals surface area contributed by atoms with Crippen LogP contribution in [0, 0.1) is 0 Å². The van der Waals surface area contributed by atoms with Gasteiger partial charge in [-0.2, -0.15) is 0 Å². The average Bonchev–Trinajstić information content (AvgIpc) is 3.05. The number of ether oxygens (including phenoxy) is 1. The zero-order valence-corrected chi connectivity index (χ0v) is 15.6.